The van der Waals surface area contributed by atoms with E-state index in [1.807, 2.05) is 24.0 Å². The molecule has 0 bridgehead atoms. The Balaban J connectivity index is 2.24. The third-order valence-electron chi connectivity index (χ3n) is 2.75. The van der Waals surface area contributed by atoms with Gasteiger partial charge >= 0.3 is 0 Å². The topological polar surface area (TPSA) is 42.7 Å². The highest BCUT2D eigenvalue weighted by atomic mass is 15.3. The Labute approximate surface area is 108 Å². The van der Waals surface area contributed by atoms with Crippen LogP contribution in [0.25, 0.3) is 5.69 Å². The Morgan fingerprint density at radius 1 is 1.22 bits per heavy atom. The van der Waals surface area contributed by atoms with Crippen molar-refractivity contribution in [2.75, 3.05) is 0 Å². The van der Waals surface area contributed by atoms with Gasteiger partial charge in [0.25, 0.3) is 0 Å². The molecule has 4 nitrogen and oxygen atoms in total. The van der Waals surface area contributed by atoms with Gasteiger partial charge < -0.3 is 5.32 Å². The molecule has 2 aromatic rings. The highest BCUT2D eigenvalue weighted by molar-refractivity contribution is 5.33. The first-order valence-corrected chi connectivity index (χ1v) is 6.27. The Morgan fingerprint density at radius 2 is 2.00 bits per heavy atom. The number of hydrogen-bond acceptors (Lipinski definition) is 3. The molecule has 0 saturated heterocycles. The summed E-state index contributed by atoms with van der Waals surface area (Å²) >= 11 is 0. The molecule has 0 aromatic carbocycles. The van der Waals surface area contributed by atoms with Gasteiger partial charge in [-0.3, -0.25) is 4.98 Å². The summed E-state index contributed by atoms with van der Waals surface area (Å²) < 4.78 is 1.93. The molecule has 0 fully saturated rings. The zero-order chi connectivity index (χ0) is 13.1. The maximum atomic E-state index is 4.47. The summed E-state index contributed by atoms with van der Waals surface area (Å²) in [5, 5.41) is 7.86. The number of pyridine rings is 1. The second-order valence-corrected chi connectivity index (χ2v) is 4.93. The average molecular weight is 244 g/mol. The number of rotatable bonds is 4. The van der Waals surface area contributed by atoms with Crippen LogP contribution < -0.4 is 5.32 Å². The molecule has 96 valence electrons. The van der Waals surface area contributed by atoms with Crippen molar-refractivity contribution in [2.24, 2.45) is 0 Å². The van der Waals surface area contributed by atoms with Gasteiger partial charge in [0.1, 0.15) is 0 Å². The first-order valence-electron chi connectivity index (χ1n) is 6.27. The minimum atomic E-state index is 0.474. The number of hydrogen-bond donors (Lipinski definition) is 1. The van der Waals surface area contributed by atoms with E-state index in [-0.39, 0.29) is 0 Å². The molecular weight excluding hydrogens is 224 g/mol. The van der Waals surface area contributed by atoms with Crippen LogP contribution >= 0.6 is 0 Å². The van der Waals surface area contributed by atoms with E-state index in [4.69, 9.17) is 0 Å². The van der Waals surface area contributed by atoms with E-state index >= 15 is 0 Å². The first kappa shape index (κ1) is 12.8. The summed E-state index contributed by atoms with van der Waals surface area (Å²) in [5.41, 5.74) is 4.35. The maximum absolute atomic E-state index is 4.47. The van der Waals surface area contributed by atoms with Gasteiger partial charge in [-0.15, -0.1) is 0 Å². The van der Waals surface area contributed by atoms with Gasteiger partial charge in [-0.05, 0) is 31.5 Å². The van der Waals surface area contributed by atoms with Gasteiger partial charge in [-0.25, -0.2) is 4.68 Å². The number of aryl methyl sites for hydroxylation is 2. The fourth-order valence-electron chi connectivity index (χ4n) is 1.90. The van der Waals surface area contributed by atoms with Crippen LogP contribution in [0.5, 0.6) is 0 Å². The third kappa shape index (κ3) is 2.96. The zero-order valence-corrected chi connectivity index (χ0v) is 11.4. The molecule has 0 aliphatic heterocycles. The van der Waals surface area contributed by atoms with E-state index < -0.39 is 0 Å². The van der Waals surface area contributed by atoms with Gasteiger partial charge in [-0.2, -0.15) is 5.10 Å². The van der Waals surface area contributed by atoms with E-state index in [1.165, 1.54) is 5.56 Å². The van der Waals surface area contributed by atoms with Crippen LogP contribution in [0.3, 0.4) is 0 Å². The van der Waals surface area contributed by atoms with Crippen molar-refractivity contribution < 1.29 is 0 Å². The quantitative estimate of drug-likeness (QED) is 0.898. The van der Waals surface area contributed by atoms with Crippen molar-refractivity contribution in [1.29, 1.82) is 0 Å². The fourth-order valence-corrected chi connectivity index (χ4v) is 1.90. The fraction of sp³-hybridized carbons (Fsp3) is 0.429. The van der Waals surface area contributed by atoms with Crippen LogP contribution in [0.2, 0.25) is 0 Å². The Morgan fingerprint density at radius 3 is 2.61 bits per heavy atom. The second-order valence-electron chi connectivity index (χ2n) is 4.93. The van der Waals surface area contributed by atoms with Crippen molar-refractivity contribution in [3.8, 4) is 5.69 Å². The Hall–Kier alpha value is -1.68. The third-order valence-corrected chi connectivity index (χ3v) is 2.75. The molecule has 2 aromatic heterocycles. The van der Waals surface area contributed by atoms with Crippen molar-refractivity contribution in [2.45, 2.75) is 40.3 Å². The molecule has 4 heteroatoms. The Kier molecular flexibility index (Phi) is 3.77. The van der Waals surface area contributed by atoms with Crippen LogP contribution in [0, 0.1) is 13.8 Å². The monoisotopic (exact) mass is 244 g/mol. The second kappa shape index (κ2) is 5.31. The van der Waals surface area contributed by atoms with E-state index in [2.05, 4.69) is 48.3 Å². The van der Waals surface area contributed by atoms with Crippen molar-refractivity contribution >= 4 is 0 Å². The molecule has 2 heterocycles. The minimum absolute atomic E-state index is 0.474. The molecule has 0 saturated carbocycles. The smallest absolute Gasteiger partial charge is 0.0835 e. The summed E-state index contributed by atoms with van der Waals surface area (Å²) in [4.78, 5) is 4.29. The molecule has 0 unspecified atom stereocenters. The molecule has 1 N–H and O–H groups in total. The first-order chi connectivity index (χ1) is 8.56. The molecule has 0 aliphatic rings. The van der Waals surface area contributed by atoms with Crippen molar-refractivity contribution in [1.82, 2.24) is 20.1 Å². The lowest BCUT2D eigenvalue weighted by Crippen LogP contribution is -2.22. The normalized spacial score (nSPS) is 11.2. The summed E-state index contributed by atoms with van der Waals surface area (Å²) in [6, 6.07) is 4.67. The van der Waals surface area contributed by atoms with E-state index in [0.29, 0.717) is 6.04 Å². The molecule has 0 atom stereocenters. The van der Waals surface area contributed by atoms with Gasteiger partial charge in [0.15, 0.2) is 0 Å². The van der Waals surface area contributed by atoms with Crippen LogP contribution in [-0.4, -0.2) is 20.8 Å². The summed E-state index contributed by atoms with van der Waals surface area (Å²) in [6.07, 6.45) is 3.74. The molecule has 0 radical (unpaired) electrons. The van der Waals surface area contributed by atoms with E-state index in [9.17, 15) is 0 Å². The average Bonchev–Trinajstić information content (AvgIpc) is 2.66. The molecule has 0 amide bonds. The lowest BCUT2D eigenvalue weighted by molar-refractivity contribution is 0.587. The molecule has 0 aliphatic carbocycles. The zero-order valence-electron chi connectivity index (χ0n) is 11.4. The van der Waals surface area contributed by atoms with Gasteiger partial charge in [-0.1, -0.05) is 13.8 Å². The van der Waals surface area contributed by atoms with Crippen molar-refractivity contribution in [3.05, 3.63) is 41.5 Å². The summed E-state index contributed by atoms with van der Waals surface area (Å²) in [7, 11) is 0. The number of aromatic nitrogens is 3. The van der Waals surface area contributed by atoms with Gasteiger partial charge in [0.05, 0.1) is 17.6 Å². The van der Waals surface area contributed by atoms with Crippen LogP contribution in [0.1, 0.15) is 30.8 Å². The van der Waals surface area contributed by atoms with E-state index in [1.54, 1.807) is 0 Å². The maximum Gasteiger partial charge on any atom is 0.0835 e. The standard InChI is InChI=1S/C14H20N4/c1-10(2)16-8-13-6-14(9-15-7-13)18-12(4)5-11(3)17-18/h5-7,9-10,16H,8H2,1-4H3. The van der Waals surface area contributed by atoms with Gasteiger partial charge in [0, 0.05) is 24.5 Å². The summed E-state index contributed by atoms with van der Waals surface area (Å²) in [6.45, 7) is 9.16. The largest absolute Gasteiger partial charge is 0.310 e. The molecular formula is C14H20N4. The van der Waals surface area contributed by atoms with E-state index in [0.717, 1.165) is 23.6 Å². The molecule has 18 heavy (non-hydrogen) atoms. The summed E-state index contributed by atoms with van der Waals surface area (Å²) in [5.74, 6) is 0. The lowest BCUT2D eigenvalue weighted by atomic mass is 10.2. The molecule has 2 rings (SSSR count). The predicted octanol–water partition coefficient (Wildman–Crippen LogP) is 2.38. The highest BCUT2D eigenvalue weighted by Crippen LogP contribution is 2.12. The van der Waals surface area contributed by atoms with Crippen LogP contribution in [0.15, 0.2) is 24.5 Å². The minimum Gasteiger partial charge on any atom is -0.310 e. The van der Waals surface area contributed by atoms with Crippen LogP contribution in [-0.2, 0) is 6.54 Å². The Bertz CT molecular complexity index is 528. The number of nitrogens with zero attached hydrogens (tertiary/aromatic N) is 3. The van der Waals surface area contributed by atoms with Gasteiger partial charge in [0.2, 0.25) is 0 Å². The highest BCUT2D eigenvalue weighted by Gasteiger charge is 2.05. The SMILES string of the molecule is Cc1cc(C)n(-c2cncc(CNC(C)C)c2)n1. The van der Waals surface area contributed by atoms with Crippen LogP contribution in [0.4, 0.5) is 0 Å². The molecule has 0 spiro atoms. The lowest BCUT2D eigenvalue weighted by Gasteiger charge is -2.09. The number of nitrogens with one attached hydrogen (secondary N) is 1. The predicted molar refractivity (Wildman–Crippen MR) is 72.8 cm³/mol. The van der Waals surface area contributed by atoms with Crippen molar-refractivity contribution in [3.63, 3.8) is 0 Å².